The standard InChI is InChI=1S/C15H23NO4S/c1-3-4-8-21(17,18)16-10-12-9-13-6-5-7-14(19-2)15(13)20-11-12/h5-7,12,16H,3-4,8-11H2,1-2H3/t12-/m1/s1. The van der Waals surface area contributed by atoms with Crippen molar-refractivity contribution in [2.45, 2.75) is 26.2 Å². The number of ether oxygens (including phenoxy) is 2. The van der Waals surface area contributed by atoms with Crippen molar-refractivity contribution in [3.05, 3.63) is 23.8 Å². The van der Waals surface area contributed by atoms with Crippen LogP contribution < -0.4 is 14.2 Å². The second kappa shape index (κ2) is 7.13. The normalized spacial score (nSPS) is 17.9. The van der Waals surface area contributed by atoms with Crippen LogP contribution in [0.1, 0.15) is 25.3 Å². The molecule has 0 radical (unpaired) electrons. The summed E-state index contributed by atoms with van der Waals surface area (Å²) >= 11 is 0. The van der Waals surface area contributed by atoms with Crippen molar-refractivity contribution in [3.8, 4) is 11.5 Å². The number of para-hydroxylation sites is 1. The molecule has 118 valence electrons. The zero-order chi connectivity index (χ0) is 15.3. The van der Waals surface area contributed by atoms with Crippen molar-refractivity contribution in [3.63, 3.8) is 0 Å². The Balaban J connectivity index is 1.93. The van der Waals surface area contributed by atoms with Crippen LogP contribution in [0.4, 0.5) is 0 Å². The highest BCUT2D eigenvalue weighted by Gasteiger charge is 2.23. The van der Waals surface area contributed by atoms with E-state index >= 15 is 0 Å². The maximum Gasteiger partial charge on any atom is 0.211 e. The molecule has 0 aromatic heterocycles. The van der Waals surface area contributed by atoms with Gasteiger partial charge in [0.25, 0.3) is 0 Å². The number of hydrogen-bond acceptors (Lipinski definition) is 4. The van der Waals surface area contributed by atoms with Gasteiger partial charge in [0.05, 0.1) is 19.5 Å². The summed E-state index contributed by atoms with van der Waals surface area (Å²) in [5.74, 6) is 1.86. The molecule has 21 heavy (non-hydrogen) atoms. The van der Waals surface area contributed by atoms with Gasteiger partial charge in [-0.2, -0.15) is 0 Å². The Morgan fingerprint density at radius 3 is 2.95 bits per heavy atom. The molecule has 0 fully saturated rings. The van der Waals surface area contributed by atoms with Gasteiger partial charge in [0.1, 0.15) is 0 Å². The maximum atomic E-state index is 11.8. The Morgan fingerprint density at radius 1 is 1.43 bits per heavy atom. The molecule has 1 aromatic rings. The number of benzene rings is 1. The van der Waals surface area contributed by atoms with Crippen molar-refractivity contribution in [1.29, 1.82) is 0 Å². The van der Waals surface area contributed by atoms with Gasteiger partial charge in [-0.05, 0) is 24.5 Å². The molecule has 0 amide bonds. The van der Waals surface area contributed by atoms with Crippen LogP contribution in [0.25, 0.3) is 0 Å². The van der Waals surface area contributed by atoms with E-state index in [0.717, 1.165) is 29.9 Å². The largest absolute Gasteiger partial charge is 0.493 e. The average molecular weight is 313 g/mol. The third-order valence-electron chi connectivity index (χ3n) is 3.61. The van der Waals surface area contributed by atoms with Gasteiger partial charge in [-0.1, -0.05) is 25.5 Å². The number of fused-ring (bicyclic) bond motifs is 1. The van der Waals surface area contributed by atoms with Crippen LogP contribution >= 0.6 is 0 Å². The van der Waals surface area contributed by atoms with Crippen LogP contribution in [0.5, 0.6) is 11.5 Å². The number of hydrogen-bond donors (Lipinski definition) is 1. The fourth-order valence-corrected chi connectivity index (χ4v) is 3.70. The highest BCUT2D eigenvalue weighted by atomic mass is 32.2. The molecule has 1 atom stereocenters. The van der Waals surface area contributed by atoms with Gasteiger partial charge in [-0.25, -0.2) is 13.1 Å². The summed E-state index contributed by atoms with van der Waals surface area (Å²) in [6.07, 6.45) is 2.36. The molecular weight excluding hydrogens is 290 g/mol. The maximum absolute atomic E-state index is 11.8. The molecule has 0 bridgehead atoms. The molecule has 0 saturated carbocycles. The van der Waals surface area contributed by atoms with Crippen molar-refractivity contribution >= 4 is 10.0 Å². The van der Waals surface area contributed by atoms with Gasteiger partial charge >= 0.3 is 0 Å². The van der Waals surface area contributed by atoms with Gasteiger partial charge in [-0.3, -0.25) is 0 Å². The van der Waals surface area contributed by atoms with Crippen LogP contribution in [-0.2, 0) is 16.4 Å². The SMILES string of the molecule is CCCCS(=O)(=O)NC[C@@H]1COc2c(cccc2OC)C1. The molecule has 6 heteroatoms. The molecular formula is C15H23NO4S. The van der Waals surface area contributed by atoms with E-state index in [1.807, 2.05) is 25.1 Å². The van der Waals surface area contributed by atoms with E-state index in [-0.39, 0.29) is 11.7 Å². The Kier molecular flexibility index (Phi) is 5.47. The fourth-order valence-electron chi connectivity index (χ4n) is 2.40. The lowest BCUT2D eigenvalue weighted by Gasteiger charge is -2.26. The number of sulfonamides is 1. The molecule has 1 heterocycles. The Labute approximate surface area is 126 Å². The number of unbranched alkanes of at least 4 members (excludes halogenated alkanes) is 1. The Bertz CT molecular complexity index is 571. The van der Waals surface area contributed by atoms with Crippen LogP contribution in [0, 0.1) is 5.92 Å². The number of methoxy groups -OCH3 is 1. The van der Waals surface area contributed by atoms with Crippen molar-refractivity contribution < 1.29 is 17.9 Å². The second-order valence-electron chi connectivity index (χ2n) is 5.35. The van der Waals surface area contributed by atoms with Gasteiger partial charge in [-0.15, -0.1) is 0 Å². The minimum Gasteiger partial charge on any atom is -0.493 e. The monoisotopic (exact) mass is 313 g/mol. The topological polar surface area (TPSA) is 64.6 Å². The first-order valence-corrected chi connectivity index (χ1v) is 8.97. The second-order valence-corrected chi connectivity index (χ2v) is 7.28. The minimum atomic E-state index is -3.16. The summed E-state index contributed by atoms with van der Waals surface area (Å²) in [6, 6.07) is 5.79. The van der Waals surface area contributed by atoms with Crippen LogP contribution in [0.15, 0.2) is 18.2 Å². The van der Waals surface area contributed by atoms with Gasteiger partial charge in [0.2, 0.25) is 10.0 Å². The van der Waals surface area contributed by atoms with E-state index < -0.39 is 10.0 Å². The van der Waals surface area contributed by atoms with E-state index in [1.165, 1.54) is 0 Å². The third kappa shape index (κ3) is 4.35. The van der Waals surface area contributed by atoms with Crippen LogP contribution in [0.2, 0.25) is 0 Å². The molecule has 0 spiro atoms. The predicted octanol–water partition coefficient (Wildman–Crippen LogP) is 1.97. The van der Waals surface area contributed by atoms with Gasteiger partial charge in [0.15, 0.2) is 11.5 Å². The lowest BCUT2D eigenvalue weighted by atomic mass is 9.96. The molecule has 5 nitrogen and oxygen atoms in total. The number of nitrogens with one attached hydrogen (secondary N) is 1. The lowest BCUT2D eigenvalue weighted by molar-refractivity contribution is 0.213. The highest BCUT2D eigenvalue weighted by molar-refractivity contribution is 7.89. The molecule has 1 aromatic carbocycles. The van der Waals surface area contributed by atoms with E-state index in [9.17, 15) is 8.42 Å². The van der Waals surface area contributed by atoms with Crippen LogP contribution in [-0.4, -0.2) is 34.4 Å². The van der Waals surface area contributed by atoms with Crippen LogP contribution in [0.3, 0.4) is 0 Å². The molecule has 0 aliphatic carbocycles. The molecule has 0 unspecified atom stereocenters. The van der Waals surface area contributed by atoms with Crippen molar-refractivity contribution in [1.82, 2.24) is 4.72 Å². The summed E-state index contributed by atoms with van der Waals surface area (Å²) < 4.78 is 37.3. The molecule has 1 aliphatic heterocycles. The Hall–Kier alpha value is -1.27. The van der Waals surface area contributed by atoms with Gasteiger partial charge in [0, 0.05) is 12.5 Å². The summed E-state index contributed by atoms with van der Waals surface area (Å²) in [4.78, 5) is 0. The quantitative estimate of drug-likeness (QED) is 0.836. The average Bonchev–Trinajstić information content (AvgIpc) is 2.50. The van der Waals surface area contributed by atoms with E-state index in [4.69, 9.17) is 9.47 Å². The Morgan fingerprint density at radius 2 is 2.24 bits per heavy atom. The van der Waals surface area contributed by atoms with E-state index in [1.54, 1.807) is 7.11 Å². The fraction of sp³-hybridized carbons (Fsp3) is 0.600. The van der Waals surface area contributed by atoms with Crippen molar-refractivity contribution in [2.75, 3.05) is 26.0 Å². The molecule has 2 rings (SSSR count). The molecule has 1 N–H and O–H groups in total. The summed E-state index contributed by atoms with van der Waals surface area (Å²) in [5.41, 5.74) is 1.07. The first-order valence-electron chi connectivity index (χ1n) is 7.31. The summed E-state index contributed by atoms with van der Waals surface area (Å²) in [6.45, 7) is 2.90. The molecule has 1 aliphatic rings. The minimum absolute atomic E-state index is 0.154. The lowest BCUT2D eigenvalue weighted by Crippen LogP contribution is -2.36. The first-order chi connectivity index (χ1) is 10.1. The number of rotatable bonds is 7. The molecule has 0 saturated heterocycles. The smallest absolute Gasteiger partial charge is 0.211 e. The summed E-state index contributed by atoms with van der Waals surface area (Å²) in [5, 5.41) is 0. The van der Waals surface area contributed by atoms with E-state index in [2.05, 4.69) is 4.72 Å². The third-order valence-corrected chi connectivity index (χ3v) is 5.04. The summed E-state index contributed by atoms with van der Waals surface area (Å²) in [7, 11) is -1.55. The van der Waals surface area contributed by atoms with E-state index in [0.29, 0.717) is 19.6 Å². The predicted molar refractivity (Wildman–Crippen MR) is 82.4 cm³/mol. The first kappa shape index (κ1) is 16.1. The highest BCUT2D eigenvalue weighted by Crippen LogP contribution is 2.35. The van der Waals surface area contributed by atoms with Crippen molar-refractivity contribution in [2.24, 2.45) is 5.92 Å². The zero-order valence-electron chi connectivity index (χ0n) is 12.6. The van der Waals surface area contributed by atoms with Gasteiger partial charge < -0.3 is 9.47 Å². The zero-order valence-corrected chi connectivity index (χ0v) is 13.4.